The van der Waals surface area contributed by atoms with Crippen molar-refractivity contribution in [2.75, 3.05) is 44.8 Å². The number of piperazine rings is 1. The molecule has 2 aliphatic rings. The molecule has 0 radical (unpaired) electrons. The van der Waals surface area contributed by atoms with Crippen molar-refractivity contribution in [2.45, 2.75) is 6.54 Å². The molecule has 0 bridgehead atoms. The van der Waals surface area contributed by atoms with Crippen molar-refractivity contribution < 1.29 is 19.1 Å². The minimum absolute atomic E-state index is 0.0389. The molecule has 33 heavy (non-hydrogen) atoms. The fourth-order valence-corrected chi connectivity index (χ4v) is 4.74. The molecule has 0 spiro atoms. The first-order valence-electron chi connectivity index (χ1n) is 11.1. The molecule has 2 aliphatic heterocycles. The molecule has 0 unspecified atom stereocenters. The fraction of sp³-hybridized carbons (Fsp3) is 0.269. The number of amides is 3. The summed E-state index contributed by atoms with van der Waals surface area (Å²) in [4.78, 5) is 44.0. The minimum Gasteiger partial charge on any atom is -0.375 e. The van der Waals surface area contributed by atoms with Crippen molar-refractivity contribution in [1.82, 2.24) is 9.80 Å². The number of hydrogen-bond donors (Lipinski definition) is 0. The average Bonchev–Trinajstić information content (AvgIpc) is 3.09. The summed E-state index contributed by atoms with van der Waals surface area (Å²) in [5.41, 5.74) is 2.59. The summed E-state index contributed by atoms with van der Waals surface area (Å²) in [6.07, 6.45) is 0. The molecule has 7 nitrogen and oxygen atoms in total. The summed E-state index contributed by atoms with van der Waals surface area (Å²) in [7, 11) is 1.51. The molecule has 1 fully saturated rings. The van der Waals surface area contributed by atoms with Crippen LogP contribution >= 0.6 is 0 Å². The van der Waals surface area contributed by atoms with Gasteiger partial charge in [0.25, 0.3) is 11.8 Å². The van der Waals surface area contributed by atoms with E-state index in [1.54, 1.807) is 11.0 Å². The number of carbonyl (C=O) groups is 3. The number of imide groups is 1. The van der Waals surface area contributed by atoms with E-state index in [2.05, 4.69) is 4.90 Å². The Bertz CT molecular complexity index is 1240. The van der Waals surface area contributed by atoms with Crippen molar-refractivity contribution >= 4 is 34.2 Å². The highest BCUT2D eigenvalue weighted by Gasteiger charge is 2.39. The maximum Gasteiger partial charge on any atom is 0.263 e. The molecular weight excluding hydrogens is 418 g/mol. The van der Waals surface area contributed by atoms with Gasteiger partial charge in [0.15, 0.2) is 0 Å². The predicted octanol–water partition coefficient (Wildman–Crippen LogP) is 2.93. The van der Waals surface area contributed by atoms with Crippen LogP contribution in [0.2, 0.25) is 0 Å². The van der Waals surface area contributed by atoms with E-state index in [4.69, 9.17) is 4.74 Å². The Kier molecular flexibility index (Phi) is 5.56. The zero-order chi connectivity index (χ0) is 22.9. The molecule has 168 valence electrons. The molecule has 0 saturated carbocycles. The maximum atomic E-state index is 13.5. The SMILES string of the molecule is COCC(=O)N1CCN(c2cccc3c2C(=O)N(Cc2cccc4ccccc24)C3=O)CC1. The number of benzene rings is 3. The topological polar surface area (TPSA) is 70.2 Å². The van der Waals surface area contributed by atoms with Crippen LogP contribution in [-0.4, -0.2) is 67.4 Å². The third kappa shape index (κ3) is 3.74. The normalized spacial score (nSPS) is 16.0. The van der Waals surface area contributed by atoms with Gasteiger partial charge in [0.1, 0.15) is 6.61 Å². The van der Waals surface area contributed by atoms with Crippen LogP contribution in [0, 0.1) is 0 Å². The molecule has 0 aliphatic carbocycles. The lowest BCUT2D eigenvalue weighted by Crippen LogP contribution is -2.50. The van der Waals surface area contributed by atoms with Gasteiger partial charge in [-0.05, 0) is 28.5 Å². The van der Waals surface area contributed by atoms with Crippen LogP contribution < -0.4 is 4.90 Å². The van der Waals surface area contributed by atoms with Gasteiger partial charge in [-0.25, -0.2) is 0 Å². The third-order valence-corrected chi connectivity index (χ3v) is 6.43. The molecule has 3 aromatic rings. The van der Waals surface area contributed by atoms with Gasteiger partial charge in [-0.15, -0.1) is 0 Å². The average molecular weight is 444 g/mol. The quantitative estimate of drug-likeness (QED) is 0.567. The number of methoxy groups -OCH3 is 1. The van der Waals surface area contributed by atoms with Crippen LogP contribution in [0.15, 0.2) is 60.7 Å². The van der Waals surface area contributed by atoms with Gasteiger partial charge in [0.05, 0.1) is 23.4 Å². The Labute approximate surface area is 192 Å². The highest BCUT2D eigenvalue weighted by molar-refractivity contribution is 6.23. The number of hydrogen-bond acceptors (Lipinski definition) is 5. The molecule has 0 N–H and O–H groups in total. The Morgan fingerprint density at radius 1 is 0.879 bits per heavy atom. The molecule has 3 aromatic carbocycles. The molecule has 0 aromatic heterocycles. The highest BCUT2D eigenvalue weighted by Crippen LogP contribution is 2.34. The number of carbonyl (C=O) groups excluding carboxylic acids is 3. The van der Waals surface area contributed by atoms with Crippen LogP contribution in [0.1, 0.15) is 26.3 Å². The van der Waals surface area contributed by atoms with E-state index in [1.807, 2.05) is 54.6 Å². The van der Waals surface area contributed by atoms with Crippen molar-refractivity contribution in [3.63, 3.8) is 0 Å². The number of rotatable bonds is 5. The number of fused-ring (bicyclic) bond motifs is 2. The van der Waals surface area contributed by atoms with Gasteiger partial charge in [-0.2, -0.15) is 0 Å². The van der Waals surface area contributed by atoms with E-state index >= 15 is 0 Å². The summed E-state index contributed by atoms with van der Waals surface area (Å²) < 4.78 is 4.95. The zero-order valence-corrected chi connectivity index (χ0v) is 18.5. The van der Waals surface area contributed by atoms with E-state index in [0.717, 1.165) is 22.0 Å². The Morgan fingerprint density at radius 3 is 2.39 bits per heavy atom. The molecule has 7 heteroatoms. The van der Waals surface area contributed by atoms with Crippen molar-refractivity contribution in [3.8, 4) is 0 Å². The molecular formula is C26H25N3O4. The summed E-state index contributed by atoms with van der Waals surface area (Å²) >= 11 is 0. The Morgan fingerprint density at radius 2 is 1.61 bits per heavy atom. The van der Waals surface area contributed by atoms with Gasteiger partial charge < -0.3 is 14.5 Å². The van der Waals surface area contributed by atoms with Gasteiger partial charge in [-0.3, -0.25) is 19.3 Å². The van der Waals surface area contributed by atoms with E-state index in [1.165, 1.54) is 12.0 Å². The third-order valence-electron chi connectivity index (χ3n) is 6.43. The Hall–Kier alpha value is -3.71. The lowest BCUT2D eigenvalue weighted by Gasteiger charge is -2.36. The van der Waals surface area contributed by atoms with Crippen molar-refractivity contribution in [1.29, 1.82) is 0 Å². The molecule has 5 rings (SSSR count). The monoisotopic (exact) mass is 443 g/mol. The summed E-state index contributed by atoms with van der Waals surface area (Å²) in [5, 5.41) is 2.11. The largest absolute Gasteiger partial charge is 0.375 e. The van der Waals surface area contributed by atoms with Crippen LogP contribution in [0.5, 0.6) is 0 Å². The van der Waals surface area contributed by atoms with Crippen LogP contribution in [0.4, 0.5) is 5.69 Å². The summed E-state index contributed by atoms with van der Waals surface area (Å²) in [5.74, 6) is -0.571. The van der Waals surface area contributed by atoms with Crippen molar-refractivity contribution in [3.05, 3.63) is 77.4 Å². The van der Waals surface area contributed by atoms with Gasteiger partial charge in [0, 0.05) is 33.3 Å². The van der Waals surface area contributed by atoms with E-state index in [0.29, 0.717) is 37.3 Å². The second-order valence-electron chi connectivity index (χ2n) is 8.34. The predicted molar refractivity (Wildman–Crippen MR) is 125 cm³/mol. The smallest absolute Gasteiger partial charge is 0.263 e. The second kappa shape index (κ2) is 8.67. The second-order valence-corrected chi connectivity index (χ2v) is 8.34. The molecule has 0 atom stereocenters. The van der Waals surface area contributed by atoms with Gasteiger partial charge >= 0.3 is 0 Å². The standard InChI is InChI=1S/C26H25N3O4/c1-33-17-23(30)28-14-12-27(13-15-28)22-11-5-10-21-24(22)26(32)29(25(21)31)16-19-8-4-7-18-6-2-3-9-20(18)19/h2-11H,12-17H2,1H3. The minimum atomic E-state index is -0.267. The molecule has 2 heterocycles. The molecule has 1 saturated heterocycles. The Balaban J connectivity index is 1.40. The fourth-order valence-electron chi connectivity index (χ4n) is 4.74. The van der Waals surface area contributed by atoms with Gasteiger partial charge in [-0.1, -0.05) is 48.5 Å². The lowest BCUT2D eigenvalue weighted by molar-refractivity contribution is -0.135. The summed E-state index contributed by atoms with van der Waals surface area (Å²) in [6, 6.07) is 19.3. The van der Waals surface area contributed by atoms with Crippen molar-refractivity contribution in [2.24, 2.45) is 0 Å². The van der Waals surface area contributed by atoms with Crippen LogP contribution in [0.3, 0.4) is 0 Å². The maximum absolute atomic E-state index is 13.5. The molecule has 3 amide bonds. The number of nitrogens with zero attached hydrogens (tertiary/aromatic N) is 3. The first kappa shape index (κ1) is 21.2. The first-order chi connectivity index (χ1) is 16.1. The highest BCUT2D eigenvalue weighted by atomic mass is 16.5. The van der Waals surface area contributed by atoms with E-state index in [9.17, 15) is 14.4 Å². The number of ether oxygens (including phenoxy) is 1. The van der Waals surface area contributed by atoms with E-state index < -0.39 is 0 Å². The first-order valence-corrected chi connectivity index (χ1v) is 11.1. The van der Waals surface area contributed by atoms with E-state index in [-0.39, 0.29) is 30.9 Å². The summed E-state index contributed by atoms with van der Waals surface area (Å²) in [6.45, 7) is 2.58. The lowest BCUT2D eigenvalue weighted by atomic mass is 10.0. The number of anilines is 1. The van der Waals surface area contributed by atoms with Crippen LogP contribution in [-0.2, 0) is 16.1 Å². The zero-order valence-electron chi connectivity index (χ0n) is 18.5. The van der Waals surface area contributed by atoms with Crippen LogP contribution in [0.25, 0.3) is 10.8 Å². The van der Waals surface area contributed by atoms with Gasteiger partial charge in [0.2, 0.25) is 5.91 Å².